The van der Waals surface area contributed by atoms with E-state index in [9.17, 15) is 5.11 Å². The molecule has 5 nitrogen and oxygen atoms in total. The van der Waals surface area contributed by atoms with E-state index < -0.39 is 5.60 Å². The van der Waals surface area contributed by atoms with Gasteiger partial charge < -0.3 is 19.3 Å². The van der Waals surface area contributed by atoms with Gasteiger partial charge in [0.2, 0.25) is 0 Å². The summed E-state index contributed by atoms with van der Waals surface area (Å²) in [5.74, 6) is 1.66. The summed E-state index contributed by atoms with van der Waals surface area (Å²) in [5.41, 5.74) is 2.46. The van der Waals surface area contributed by atoms with Crippen LogP contribution in [0.4, 0.5) is 0 Å². The lowest BCUT2D eigenvalue weighted by Gasteiger charge is -2.44. The molecule has 2 bridgehead atoms. The fraction of sp³-hybridized carbons (Fsp3) is 0.520. The first-order chi connectivity index (χ1) is 14.6. The van der Waals surface area contributed by atoms with Gasteiger partial charge in [-0.1, -0.05) is 24.3 Å². The first-order valence-electron chi connectivity index (χ1n) is 10.9. The predicted octanol–water partition coefficient (Wildman–Crippen LogP) is 4.25. The van der Waals surface area contributed by atoms with Gasteiger partial charge in [0.1, 0.15) is 11.5 Å². The first kappa shape index (κ1) is 21.2. The Morgan fingerprint density at radius 2 is 1.70 bits per heavy atom. The molecule has 0 aliphatic carbocycles. The molecule has 2 aromatic rings. The Hall–Kier alpha value is -2.08. The molecule has 0 aromatic heterocycles. The van der Waals surface area contributed by atoms with Crippen molar-refractivity contribution in [1.82, 2.24) is 4.90 Å². The molecule has 1 N–H and O–H groups in total. The van der Waals surface area contributed by atoms with Crippen LogP contribution in [-0.2, 0) is 23.5 Å². The monoisotopic (exact) mass is 411 g/mol. The van der Waals surface area contributed by atoms with Crippen LogP contribution in [0.2, 0.25) is 0 Å². The van der Waals surface area contributed by atoms with Crippen LogP contribution in [0.3, 0.4) is 0 Å². The number of methoxy groups -OCH3 is 2. The molecule has 2 aromatic carbocycles. The summed E-state index contributed by atoms with van der Waals surface area (Å²) in [6.45, 7) is 4.14. The molecule has 0 amide bonds. The van der Waals surface area contributed by atoms with E-state index in [1.807, 2.05) is 37.3 Å². The minimum atomic E-state index is -0.824. The van der Waals surface area contributed by atoms with E-state index >= 15 is 0 Å². The van der Waals surface area contributed by atoms with E-state index in [2.05, 4.69) is 17.0 Å². The molecule has 5 heteroatoms. The zero-order valence-corrected chi connectivity index (χ0v) is 18.3. The Morgan fingerprint density at radius 3 is 2.37 bits per heavy atom. The molecular formula is C25H33NO4. The second-order valence-corrected chi connectivity index (χ2v) is 8.48. The van der Waals surface area contributed by atoms with Crippen LogP contribution >= 0.6 is 0 Å². The Balaban J connectivity index is 1.52. The van der Waals surface area contributed by atoms with Crippen molar-refractivity contribution >= 4 is 0 Å². The van der Waals surface area contributed by atoms with Crippen molar-refractivity contribution in [1.29, 1.82) is 0 Å². The van der Waals surface area contributed by atoms with Gasteiger partial charge in [-0.3, -0.25) is 4.90 Å². The number of hydrogen-bond acceptors (Lipinski definition) is 5. The standard InChI is InChI=1S/C25H33NO4/c1-4-30-17-19-13-18(9-12-23(19)28-2)16-26-20-10-11-21(26)15-25(27,14-20)22-7-5-6-8-24(22)29-3/h5-9,12-13,20-21,27H,4,10-11,14-17H2,1-3H3/t20-,21-/m1/s1. The van der Waals surface area contributed by atoms with Crippen LogP contribution < -0.4 is 9.47 Å². The van der Waals surface area contributed by atoms with E-state index in [1.54, 1.807) is 14.2 Å². The lowest BCUT2D eigenvalue weighted by atomic mass is 9.80. The largest absolute Gasteiger partial charge is 0.496 e. The number of fused-ring (bicyclic) bond motifs is 2. The summed E-state index contributed by atoms with van der Waals surface area (Å²) in [4.78, 5) is 2.58. The zero-order chi connectivity index (χ0) is 21.1. The lowest BCUT2D eigenvalue weighted by molar-refractivity contribution is -0.0606. The molecule has 2 heterocycles. The van der Waals surface area contributed by atoms with Gasteiger partial charge in [-0.05, 0) is 56.4 Å². The SMILES string of the molecule is CCOCc1cc(CN2[C@@H]3CC[C@@H]2CC(O)(c2ccccc2OC)C3)ccc1OC. The van der Waals surface area contributed by atoms with E-state index in [0.717, 1.165) is 54.9 Å². The fourth-order valence-corrected chi connectivity index (χ4v) is 5.29. The highest BCUT2D eigenvalue weighted by Gasteiger charge is 2.49. The smallest absolute Gasteiger partial charge is 0.124 e. The third-order valence-electron chi connectivity index (χ3n) is 6.70. The average molecular weight is 412 g/mol. The molecule has 4 rings (SSSR count). The third kappa shape index (κ3) is 4.07. The van der Waals surface area contributed by atoms with Gasteiger partial charge in [0.25, 0.3) is 0 Å². The molecule has 0 saturated carbocycles. The molecule has 0 unspecified atom stereocenters. The van der Waals surface area contributed by atoms with Gasteiger partial charge in [0.05, 0.1) is 26.4 Å². The van der Waals surface area contributed by atoms with Crippen molar-refractivity contribution < 1.29 is 19.3 Å². The van der Waals surface area contributed by atoms with E-state index in [4.69, 9.17) is 14.2 Å². The van der Waals surface area contributed by atoms with Gasteiger partial charge in [-0.15, -0.1) is 0 Å². The highest BCUT2D eigenvalue weighted by atomic mass is 16.5. The zero-order valence-electron chi connectivity index (χ0n) is 18.3. The molecule has 162 valence electrons. The summed E-state index contributed by atoms with van der Waals surface area (Å²) >= 11 is 0. The molecule has 2 aliphatic rings. The van der Waals surface area contributed by atoms with Crippen molar-refractivity contribution in [3.63, 3.8) is 0 Å². The van der Waals surface area contributed by atoms with Crippen LogP contribution in [0, 0.1) is 0 Å². The summed E-state index contributed by atoms with van der Waals surface area (Å²) in [7, 11) is 3.38. The van der Waals surface area contributed by atoms with E-state index in [-0.39, 0.29) is 0 Å². The fourth-order valence-electron chi connectivity index (χ4n) is 5.29. The summed E-state index contributed by atoms with van der Waals surface area (Å²) in [6.07, 6.45) is 3.74. The molecule has 2 aliphatic heterocycles. The predicted molar refractivity (Wildman–Crippen MR) is 117 cm³/mol. The highest BCUT2D eigenvalue weighted by Crippen LogP contribution is 2.48. The van der Waals surface area contributed by atoms with Crippen LogP contribution in [0.15, 0.2) is 42.5 Å². The van der Waals surface area contributed by atoms with Gasteiger partial charge in [0.15, 0.2) is 0 Å². The van der Waals surface area contributed by atoms with Gasteiger partial charge in [0, 0.05) is 36.4 Å². The molecule has 0 spiro atoms. The maximum Gasteiger partial charge on any atom is 0.124 e. The van der Waals surface area contributed by atoms with E-state index in [1.165, 1.54) is 5.56 Å². The maximum absolute atomic E-state index is 11.6. The van der Waals surface area contributed by atoms with Crippen molar-refractivity contribution in [2.24, 2.45) is 0 Å². The number of piperidine rings is 1. The van der Waals surface area contributed by atoms with Crippen molar-refractivity contribution in [3.05, 3.63) is 59.2 Å². The van der Waals surface area contributed by atoms with Crippen LogP contribution in [0.5, 0.6) is 11.5 Å². The highest BCUT2D eigenvalue weighted by molar-refractivity contribution is 5.40. The normalized spacial score (nSPS) is 26.0. The van der Waals surface area contributed by atoms with Crippen molar-refractivity contribution in [2.45, 2.75) is 63.4 Å². The van der Waals surface area contributed by atoms with Gasteiger partial charge >= 0.3 is 0 Å². The topological polar surface area (TPSA) is 51.2 Å². The van der Waals surface area contributed by atoms with Crippen LogP contribution in [0.1, 0.15) is 49.3 Å². The minimum Gasteiger partial charge on any atom is -0.496 e. The Bertz CT molecular complexity index is 854. The second-order valence-electron chi connectivity index (χ2n) is 8.48. The van der Waals surface area contributed by atoms with E-state index in [0.29, 0.717) is 25.3 Å². The Morgan fingerprint density at radius 1 is 1.00 bits per heavy atom. The number of aliphatic hydroxyl groups is 1. The molecule has 2 saturated heterocycles. The number of ether oxygens (including phenoxy) is 3. The van der Waals surface area contributed by atoms with Crippen LogP contribution in [-0.4, -0.2) is 42.9 Å². The molecule has 30 heavy (non-hydrogen) atoms. The minimum absolute atomic E-state index is 0.371. The maximum atomic E-state index is 11.6. The molecular weight excluding hydrogens is 378 g/mol. The second kappa shape index (κ2) is 8.96. The Labute approximate surface area is 179 Å². The van der Waals surface area contributed by atoms with Crippen LogP contribution in [0.25, 0.3) is 0 Å². The third-order valence-corrected chi connectivity index (χ3v) is 6.70. The quantitative estimate of drug-likeness (QED) is 0.704. The first-order valence-corrected chi connectivity index (χ1v) is 10.9. The van der Waals surface area contributed by atoms with Gasteiger partial charge in [-0.25, -0.2) is 0 Å². The number of hydrogen-bond donors (Lipinski definition) is 1. The summed E-state index contributed by atoms with van der Waals surface area (Å²) in [6, 6.07) is 15.0. The number of benzene rings is 2. The Kier molecular flexibility index (Phi) is 6.32. The molecule has 0 radical (unpaired) electrons. The summed E-state index contributed by atoms with van der Waals surface area (Å²) < 4.78 is 16.7. The number of para-hydroxylation sites is 1. The number of rotatable bonds is 8. The van der Waals surface area contributed by atoms with Crippen molar-refractivity contribution in [3.8, 4) is 11.5 Å². The number of nitrogens with zero attached hydrogens (tertiary/aromatic N) is 1. The molecule has 2 fully saturated rings. The average Bonchev–Trinajstić information content (AvgIpc) is 3.01. The van der Waals surface area contributed by atoms with Crippen molar-refractivity contribution in [2.75, 3.05) is 20.8 Å². The van der Waals surface area contributed by atoms with Gasteiger partial charge in [-0.2, -0.15) is 0 Å². The summed E-state index contributed by atoms with van der Waals surface area (Å²) in [5, 5.41) is 11.6. The lowest BCUT2D eigenvalue weighted by Crippen LogP contribution is -2.49. The molecule has 2 atom stereocenters.